The first-order chi connectivity index (χ1) is 12.2. The van der Waals surface area contributed by atoms with Crippen LogP contribution in [0, 0.1) is 0 Å². The normalized spacial score (nSPS) is 18.5. The number of carbonyl (C=O) groups is 2. The average molecular weight is 381 g/mol. The van der Waals surface area contributed by atoms with Gasteiger partial charge in [0.25, 0.3) is 5.91 Å². The average Bonchev–Trinajstić information content (AvgIpc) is 2.59. The number of amides is 2. The van der Waals surface area contributed by atoms with Crippen molar-refractivity contribution in [2.75, 3.05) is 13.1 Å². The van der Waals surface area contributed by atoms with Crippen LogP contribution in [0.2, 0.25) is 0 Å². The third kappa shape index (κ3) is 5.04. The lowest BCUT2D eigenvalue weighted by Crippen LogP contribution is -2.42. The van der Waals surface area contributed by atoms with Crippen molar-refractivity contribution in [1.82, 2.24) is 14.9 Å². The van der Waals surface area contributed by atoms with Crippen molar-refractivity contribution in [3.63, 3.8) is 0 Å². The van der Waals surface area contributed by atoms with E-state index in [1.807, 2.05) is 20.8 Å². The fourth-order valence-corrected chi connectivity index (χ4v) is 4.74. The molecule has 0 unspecified atom stereocenters. The Kier molecular flexibility index (Phi) is 6.77. The molecule has 2 amide bonds. The second kappa shape index (κ2) is 8.64. The Morgan fingerprint density at radius 3 is 2.65 bits per heavy atom. The molecule has 8 heteroatoms. The van der Waals surface area contributed by atoms with Crippen molar-refractivity contribution in [2.24, 2.45) is 0 Å². The maximum Gasteiger partial charge on any atom is 0.251 e. The zero-order valence-electron chi connectivity index (χ0n) is 15.5. The van der Waals surface area contributed by atoms with Crippen LogP contribution in [0.4, 0.5) is 0 Å². The predicted octanol–water partition coefficient (Wildman–Crippen LogP) is 1.50. The summed E-state index contributed by atoms with van der Waals surface area (Å²) in [4.78, 5) is 24.0. The molecule has 1 heterocycles. The molecule has 0 spiro atoms. The Hall–Kier alpha value is -1.93. The van der Waals surface area contributed by atoms with Gasteiger partial charge in [-0.3, -0.25) is 9.59 Å². The minimum atomic E-state index is -3.64. The zero-order valence-corrected chi connectivity index (χ0v) is 16.3. The Morgan fingerprint density at radius 2 is 2.00 bits per heavy atom. The summed E-state index contributed by atoms with van der Waals surface area (Å²) in [6.07, 6.45) is 2.70. The first-order valence-electron chi connectivity index (χ1n) is 8.91. The molecule has 0 bridgehead atoms. The summed E-state index contributed by atoms with van der Waals surface area (Å²) in [6, 6.07) is 5.88. The number of nitrogens with zero attached hydrogens (tertiary/aromatic N) is 1. The van der Waals surface area contributed by atoms with Crippen molar-refractivity contribution in [2.45, 2.75) is 57.0 Å². The quantitative estimate of drug-likeness (QED) is 0.781. The summed E-state index contributed by atoms with van der Waals surface area (Å²) in [6.45, 7) is 5.90. The molecule has 1 aliphatic heterocycles. The molecule has 144 valence electrons. The van der Waals surface area contributed by atoms with Gasteiger partial charge in [-0.2, -0.15) is 4.31 Å². The van der Waals surface area contributed by atoms with Gasteiger partial charge in [0, 0.05) is 24.2 Å². The van der Waals surface area contributed by atoms with Gasteiger partial charge in [-0.1, -0.05) is 12.5 Å². The van der Waals surface area contributed by atoms with Crippen molar-refractivity contribution in [3.8, 4) is 0 Å². The Morgan fingerprint density at radius 1 is 1.27 bits per heavy atom. The lowest BCUT2D eigenvalue weighted by Gasteiger charge is -2.32. The van der Waals surface area contributed by atoms with Gasteiger partial charge in [0.1, 0.15) is 0 Å². The smallest absolute Gasteiger partial charge is 0.251 e. The van der Waals surface area contributed by atoms with E-state index in [1.54, 1.807) is 6.07 Å². The van der Waals surface area contributed by atoms with Crippen LogP contribution in [0.3, 0.4) is 0 Å². The molecule has 0 aliphatic carbocycles. The number of sulfonamides is 1. The monoisotopic (exact) mass is 381 g/mol. The molecule has 1 aromatic carbocycles. The predicted molar refractivity (Wildman–Crippen MR) is 99.3 cm³/mol. The second-order valence-corrected chi connectivity index (χ2v) is 8.78. The molecule has 1 saturated heterocycles. The van der Waals surface area contributed by atoms with Gasteiger partial charge >= 0.3 is 0 Å². The van der Waals surface area contributed by atoms with Crippen LogP contribution in [0.5, 0.6) is 0 Å². The Balaban J connectivity index is 2.11. The maximum atomic E-state index is 12.9. The van der Waals surface area contributed by atoms with Crippen LogP contribution in [-0.4, -0.2) is 49.7 Å². The highest BCUT2D eigenvalue weighted by atomic mass is 32.2. The van der Waals surface area contributed by atoms with Crippen molar-refractivity contribution in [3.05, 3.63) is 29.8 Å². The standard InChI is InChI=1S/C18H27N3O4S/c1-13(2)20-17(22)12-19-18(23)15-8-6-9-16(11-15)26(24,25)21-10-5-4-7-14(21)3/h6,8-9,11,13-14H,4-5,7,10,12H2,1-3H3,(H,19,23)(H,20,22)/t14-/m0/s1. The molecule has 26 heavy (non-hydrogen) atoms. The zero-order chi connectivity index (χ0) is 19.3. The lowest BCUT2D eigenvalue weighted by molar-refractivity contribution is -0.120. The van der Waals surface area contributed by atoms with Crippen molar-refractivity contribution >= 4 is 21.8 Å². The largest absolute Gasteiger partial charge is 0.352 e. The van der Waals surface area contributed by atoms with Crippen molar-refractivity contribution < 1.29 is 18.0 Å². The Bertz CT molecular complexity index is 761. The number of benzene rings is 1. The van der Waals surface area contributed by atoms with Crippen LogP contribution in [0.25, 0.3) is 0 Å². The Labute approximate surface area is 155 Å². The number of hydrogen-bond acceptors (Lipinski definition) is 4. The lowest BCUT2D eigenvalue weighted by atomic mass is 10.1. The fraction of sp³-hybridized carbons (Fsp3) is 0.556. The second-order valence-electron chi connectivity index (χ2n) is 6.89. The molecule has 0 saturated carbocycles. The number of rotatable bonds is 6. The van der Waals surface area contributed by atoms with E-state index >= 15 is 0 Å². The molecule has 7 nitrogen and oxygen atoms in total. The number of hydrogen-bond donors (Lipinski definition) is 2. The molecule has 1 atom stereocenters. The number of piperidine rings is 1. The SMILES string of the molecule is CC(C)NC(=O)CNC(=O)c1cccc(S(=O)(=O)N2CCCC[C@@H]2C)c1. The van der Waals surface area contributed by atoms with E-state index in [9.17, 15) is 18.0 Å². The van der Waals surface area contributed by atoms with Crippen LogP contribution in [0.1, 0.15) is 50.4 Å². The highest BCUT2D eigenvalue weighted by Gasteiger charge is 2.31. The number of carbonyl (C=O) groups excluding carboxylic acids is 2. The molecule has 1 aliphatic rings. The molecule has 0 radical (unpaired) electrons. The first kappa shape index (κ1) is 20.4. The van der Waals surface area contributed by atoms with Crippen LogP contribution < -0.4 is 10.6 Å². The summed E-state index contributed by atoms with van der Waals surface area (Å²) in [5, 5.41) is 5.19. The van der Waals surface area contributed by atoms with Crippen LogP contribution in [0.15, 0.2) is 29.2 Å². The van der Waals surface area contributed by atoms with Gasteiger partial charge in [0.15, 0.2) is 0 Å². The minimum Gasteiger partial charge on any atom is -0.352 e. The summed E-state index contributed by atoms with van der Waals surface area (Å²) < 4.78 is 27.3. The molecule has 2 rings (SSSR count). The van der Waals surface area contributed by atoms with E-state index < -0.39 is 15.9 Å². The van der Waals surface area contributed by atoms with Crippen LogP contribution >= 0.6 is 0 Å². The van der Waals surface area contributed by atoms with Gasteiger partial charge in [0.2, 0.25) is 15.9 Å². The van der Waals surface area contributed by atoms with Gasteiger partial charge in [-0.05, 0) is 51.8 Å². The van der Waals surface area contributed by atoms with Gasteiger partial charge in [0.05, 0.1) is 11.4 Å². The summed E-state index contributed by atoms with van der Waals surface area (Å²) in [7, 11) is -3.64. The van der Waals surface area contributed by atoms with E-state index in [1.165, 1.54) is 22.5 Å². The van der Waals surface area contributed by atoms with E-state index in [0.29, 0.717) is 6.54 Å². The molecular weight excluding hydrogens is 354 g/mol. The van der Waals surface area contributed by atoms with Crippen molar-refractivity contribution in [1.29, 1.82) is 0 Å². The van der Waals surface area contributed by atoms with Gasteiger partial charge in [-0.25, -0.2) is 8.42 Å². The molecular formula is C18H27N3O4S. The van der Waals surface area contributed by atoms with Crippen LogP contribution in [-0.2, 0) is 14.8 Å². The highest BCUT2D eigenvalue weighted by Crippen LogP contribution is 2.25. The highest BCUT2D eigenvalue weighted by molar-refractivity contribution is 7.89. The van der Waals surface area contributed by atoms with Gasteiger partial charge < -0.3 is 10.6 Å². The van der Waals surface area contributed by atoms with E-state index in [2.05, 4.69) is 10.6 Å². The number of nitrogens with one attached hydrogen (secondary N) is 2. The minimum absolute atomic E-state index is 0.0144. The third-order valence-corrected chi connectivity index (χ3v) is 6.31. The topological polar surface area (TPSA) is 95.6 Å². The molecule has 2 N–H and O–H groups in total. The molecule has 1 fully saturated rings. The first-order valence-corrected chi connectivity index (χ1v) is 10.4. The third-order valence-electron chi connectivity index (χ3n) is 4.30. The molecule has 1 aromatic rings. The summed E-state index contributed by atoms with van der Waals surface area (Å²) in [5.41, 5.74) is 0.216. The summed E-state index contributed by atoms with van der Waals surface area (Å²) in [5.74, 6) is -0.771. The maximum absolute atomic E-state index is 12.9. The van der Waals surface area contributed by atoms with Gasteiger partial charge in [-0.15, -0.1) is 0 Å². The fourth-order valence-electron chi connectivity index (χ4n) is 3.00. The van der Waals surface area contributed by atoms with E-state index in [4.69, 9.17) is 0 Å². The molecule has 0 aromatic heterocycles. The summed E-state index contributed by atoms with van der Waals surface area (Å²) >= 11 is 0. The van der Waals surface area contributed by atoms with E-state index in [0.717, 1.165) is 19.3 Å². The van der Waals surface area contributed by atoms with E-state index in [-0.39, 0.29) is 35.0 Å².